The van der Waals surface area contributed by atoms with Crippen LogP contribution in [0, 0.1) is 10.1 Å². The number of nitrogens with one attached hydrogen (secondary N) is 3. The van der Waals surface area contributed by atoms with Crippen molar-refractivity contribution in [3.63, 3.8) is 0 Å². The number of benzene rings is 3. The number of hydrogen-bond acceptors (Lipinski definition) is 10. The summed E-state index contributed by atoms with van der Waals surface area (Å²) in [6.07, 6.45) is 9.02. The smallest absolute Gasteiger partial charge is 0.328 e. The van der Waals surface area contributed by atoms with Gasteiger partial charge in [0.05, 0.1) is 24.1 Å². The Morgan fingerprint density at radius 1 is 0.964 bits per heavy atom. The molecular formula is C40H51N5O10. The number of carboxylic acids is 1. The third-order valence-electron chi connectivity index (χ3n) is 9.49. The normalized spacial score (nSPS) is 17.7. The summed E-state index contributed by atoms with van der Waals surface area (Å²) in [6.45, 7) is 2.16. The molecule has 3 aromatic carbocycles. The van der Waals surface area contributed by atoms with Gasteiger partial charge in [-0.3, -0.25) is 24.5 Å². The third-order valence-corrected chi connectivity index (χ3v) is 9.49. The number of unbranched alkanes of at least 4 members (excludes halogenated alkanes) is 8. The summed E-state index contributed by atoms with van der Waals surface area (Å²) in [7, 11) is 1.23. The lowest BCUT2D eigenvalue weighted by Gasteiger charge is -2.30. The molecule has 3 amide bonds. The molecular weight excluding hydrogens is 710 g/mol. The molecule has 2 aliphatic heterocycles. The Morgan fingerprint density at radius 3 is 2.27 bits per heavy atom. The van der Waals surface area contributed by atoms with E-state index >= 15 is 0 Å². The number of nitro benzene ring substituents is 1. The number of methoxy groups -OCH3 is 1. The minimum Gasteiger partial charge on any atom is -0.504 e. The molecule has 7 N–H and O–H groups in total. The summed E-state index contributed by atoms with van der Waals surface area (Å²) in [5.74, 6) is -4.90. The Kier molecular flexibility index (Phi) is 15.8. The van der Waals surface area contributed by atoms with Crippen molar-refractivity contribution in [2.75, 3.05) is 7.11 Å². The molecule has 2 aliphatic rings. The van der Waals surface area contributed by atoms with Crippen molar-refractivity contribution in [1.29, 1.82) is 0 Å². The van der Waals surface area contributed by atoms with Gasteiger partial charge in [0.25, 0.3) is 0 Å². The fourth-order valence-electron chi connectivity index (χ4n) is 6.53. The number of nitro groups is 1. The van der Waals surface area contributed by atoms with E-state index in [4.69, 9.17) is 15.2 Å². The molecule has 0 unspecified atom stereocenters. The van der Waals surface area contributed by atoms with E-state index < -0.39 is 64.2 Å². The monoisotopic (exact) mass is 761 g/mol. The Balaban J connectivity index is 1.73. The van der Waals surface area contributed by atoms with Crippen molar-refractivity contribution in [3.05, 3.63) is 87.5 Å². The summed E-state index contributed by atoms with van der Waals surface area (Å²) >= 11 is 0. The number of fused-ring (bicyclic) bond motifs is 9. The maximum absolute atomic E-state index is 14.2. The highest BCUT2D eigenvalue weighted by atomic mass is 16.6. The van der Waals surface area contributed by atoms with Crippen LogP contribution in [0.5, 0.6) is 23.0 Å². The van der Waals surface area contributed by atoms with Crippen LogP contribution < -0.4 is 31.2 Å². The zero-order chi connectivity index (χ0) is 39.9. The fourth-order valence-corrected chi connectivity index (χ4v) is 6.53. The number of hydrogen-bond donors (Lipinski definition) is 6. The molecule has 296 valence electrons. The number of aliphatic carboxylic acids is 1. The van der Waals surface area contributed by atoms with E-state index in [9.17, 15) is 39.5 Å². The maximum Gasteiger partial charge on any atom is 0.328 e. The first kappa shape index (κ1) is 42.0. The van der Waals surface area contributed by atoms with E-state index in [1.807, 2.05) is 0 Å². The van der Waals surface area contributed by atoms with Gasteiger partial charge in [-0.05, 0) is 47.7 Å². The van der Waals surface area contributed by atoms with Crippen LogP contribution in [0.25, 0.3) is 0 Å². The SMILES string of the molecule is CCCCCCCCCCCC(=O)N[C@H](C(=O)O)[C@@H]1NC(=O)[C@H](Cc2ccccc2)NC(=O)[C@H](N)Cc2ccc(c([N+](=O)[O-])c2)Oc2cc1cc(O)c2OC. The van der Waals surface area contributed by atoms with Gasteiger partial charge in [-0.15, -0.1) is 0 Å². The van der Waals surface area contributed by atoms with Crippen molar-refractivity contribution >= 4 is 29.4 Å². The fraction of sp³-hybridized carbons (Fsp3) is 0.450. The van der Waals surface area contributed by atoms with Gasteiger partial charge in [-0.1, -0.05) is 94.7 Å². The molecule has 0 spiro atoms. The molecule has 0 saturated carbocycles. The average molecular weight is 762 g/mol. The molecule has 0 saturated heterocycles. The number of rotatable bonds is 17. The zero-order valence-corrected chi connectivity index (χ0v) is 31.3. The topological polar surface area (TPSA) is 232 Å². The van der Waals surface area contributed by atoms with Crippen LogP contribution in [0.3, 0.4) is 0 Å². The van der Waals surface area contributed by atoms with Gasteiger partial charge in [0, 0.05) is 18.9 Å². The molecule has 15 nitrogen and oxygen atoms in total. The van der Waals surface area contributed by atoms with Gasteiger partial charge < -0.3 is 41.4 Å². The standard InChI is InChI=1S/C40H51N5O10/c1-3-4-5-6-7-8-9-10-14-17-34(47)43-36(40(50)51)35-27-23-31(46)37(54-2)33(24-27)55-32-19-18-26(22-30(32)45(52)53)20-28(41)38(48)42-29(39(49)44-35)21-25-15-12-11-13-16-25/h11-13,15-16,18-19,22-24,28-29,35-36,46H,3-10,14,17,20-21,41H2,1-2H3,(H,42,48)(H,43,47)(H,44,49)(H,50,51)/t28-,29+,35-,36+/m1/s1. The number of carboxylic acid groups (broad SMARTS) is 1. The summed E-state index contributed by atoms with van der Waals surface area (Å²) in [4.78, 5) is 65.3. The van der Waals surface area contributed by atoms with Crippen LogP contribution in [0.2, 0.25) is 0 Å². The zero-order valence-electron chi connectivity index (χ0n) is 31.3. The second kappa shape index (κ2) is 20.7. The van der Waals surface area contributed by atoms with E-state index in [1.165, 1.54) is 57.1 Å². The lowest BCUT2D eigenvalue weighted by Crippen LogP contribution is -2.56. The lowest BCUT2D eigenvalue weighted by molar-refractivity contribution is -0.385. The van der Waals surface area contributed by atoms with Gasteiger partial charge in [-0.2, -0.15) is 0 Å². The summed E-state index contributed by atoms with van der Waals surface area (Å²) in [5.41, 5.74) is 6.71. The van der Waals surface area contributed by atoms with E-state index in [2.05, 4.69) is 22.9 Å². The quantitative estimate of drug-likeness (QED) is 0.0582. The Hall–Kier alpha value is -5.70. The van der Waals surface area contributed by atoms with Gasteiger partial charge in [-0.25, -0.2) is 4.79 Å². The second-order valence-electron chi connectivity index (χ2n) is 13.7. The number of nitrogens with zero attached hydrogens (tertiary/aromatic N) is 1. The molecule has 0 aromatic heterocycles. The van der Waals surface area contributed by atoms with Crippen molar-refractivity contribution in [2.24, 2.45) is 5.73 Å². The highest BCUT2D eigenvalue weighted by molar-refractivity contribution is 5.91. The first-order valence-electron chi connectivity index (χ1n) is 18.7. The van der Waals surface area contributed by atoms with Crippen molar-refractivity contribution in [2.45, 2.75) is 108 Å². The predicted molar refractivity (Wildman–Crippen MR) is 204 cm³/mol. The molecule has 0 fully saturated rings. The Labute approximate surface area is 320 Å². The van der Waals surface area contributed by atoms with Crippen molar-refractivity contribution < 1.29 is 43.8 Å². The molecule has 3 aromatic rings. The highest BCUT2D eigenvalue weighted by Crippen LogP contribution is 2.44. The minimum atomic E-state index is -1.78. The molecule has 55 heavy (non-hydrogen) atoms. The molecule has 15 heteroatoms. The predicted octanol–water partition coefficient (Wildman–Crippen LogP) is 5.36. The number of aromatic hydroxyl groups is 1. The van der Waals surface area contributed by atoms with Crippen LogP contribution in [0.15, 0.2) is 60.7 Å². The average Bonchev–Trinajstić information content (AvgIpc) is 3.15. The lowest BCUT2D eigenvalue weighted by atomic mass is 9.96. The number of phenolic OH excluding ortho intramolecular Hbond substituents is 1. The third kappa shape index (κ3) is 12.2. The first-order valence-corrected chi connectivity index (χ1v) is 18.7. The van der Waals surface area contributed by atoms with Gasteiger partial charge in [0.1, 0.15) is 6.04 Å². The van der Waals surface area contributed by atoms with E-state index in [1.54, 1.807) is 30.3 Å². The van der Waals surface area contributed by atoms with Crippen LogP contribution in [-0.2, 0) is 32.0 Å². The van der Waals surface area contributed by atoms with Crippen LogP contribution in [0.1, 0.15) is 93.9 Å². The maximum atomic E-state index is 14.2. The van der Waals surface area contributed by atoms with E-state index in [0.29, 0.717) is 17.5 Å². The van der Waals surface area contributed by atoms with Gasteiger partial charge >= 0.3 is 11.7 Å². The number of ether oxygens (including phenoxy) is 2. The summed E-state index contributed by atoms with van der Waals surface area (Å²) in [5, 5.41) is 41.7. The van der Waals surface area contributed by atoms with Crippen LogP contribution >= 0.6 is 0 Å². The van der Waals surface area contributed by atoms with Gasteiger partial charge in [0.15, 0.2) is 17.5 Å². The molecule has 4 atom stereocenters. The number of nitrogens with two attached hydrogens (primary N) is 1. The molecule has 0 aliphatic carbocycles. The number of carbonyl (C=O) groups is 4. The minimum absolute atomic E-state index is 0.0249. The first-order chi connectivity index (χ1) is 26.4. The van der Waals surface area contributed by atoms with Crippen LogP contribution in [-0.4, -0.2) is 64.1 Å². The molecule has 2 heterocycles. The second-order valence-corrected chi connectivity index (χ2v) is 13.7. The Morgan fingerprint density at radius 2 is 1.64 bits per heavy atom. The largest absolute Gasteiger partial charge is 0.504 e. The molecule has 5 rings (SSSR count). The number of carbonyl (C=O) groups excluding carboxylic acids is 3. The molecule has 4 bridgehead atoms. The highest BCUT2D eigenvalue weighted by Gasteiger charge is 2.36. The van der Waals surface area contributed by atoms with Crippen LogP contribution in [0.4, 0.5) is 5.69 Å². The number of amides is 3. The summed E-state index contributed by atoms with van der Waals surface area (Å²) < 4.78 is 11.3. The molecule has 0 radical (unpaired) electrons. The van der Waals surface area contributed by atoms with E-state index in [-0.39, 0.29) is 42.1 Å². The Bertz CT molecular complexity index is 1800. The number of phenols is 1. The van der Waals surface area contributed by atoms with E-state index in [0.717, 1.165) is 31.7 Å². The summed E-state index contributed by atoms with van der Waals surface area (Å²) in [6, 6.07) is 9.29. The van der Waals surface area contributed by atoms with Crippen molar-refractivity contribution in [1.82, 2.24) is 16.0 Å². The van der Waals surface area contributed by atoms with Gasteiger partial charge in [0.2, 0.25) is 29.2 Å². The van der Waals surface area contributed by atoms with Crippen molar-refractivity contribution in [3.8, 4) is 23.0 Å².